The summed E-state index contributed by atoms with van der Waals surface area (Å²) in [6.45, 7) is 2.07. The van der Waals surface area contributed by atoms with Crippen molar-refractivity contribution in [3.8, 4) is 11.5 Å². The average Bonchev–Trinajstić information content (AvgIpc) is 3.40. The van der Waals surface area contributed by atoms with Crippen molar-refractivity contribution in [2.75, 3.05) is 44.2 Å². The van der Waals surface area contributed by atoms with Gasteiger partial charge in [0.25, 0.3) is 0 Å². The van der Waals surface area contributed by atoms with Crippen LogP contribution in [0.3, 0.4) is 0 Å². The van der Waals surface area contributed by atoms with E-state index in [2.05, 4.69) is 4.90 Å². The Morgan fingerprint density at radius 1 is 0.854 bits per heavy atom. The molecule has 11 heteroatoms. The lowest BCUT2D eigenvalue weighted by Gasteiger charge is -2.46. The molecule has 2 saturated heterocycles. The monoisotopic (exact) mass is 569 g/mol. The minimum absolute atomic E-state index is 0.0663. The van der Waals surface area contributed by atoms with E-state index in [1.807, 2.05) is 0 Å². The molecule has 3 aromatic rings. The van der Waals surface area contributed by atoms with Crippen molar-refractivity contribution in [3.63, 3.8) is 0 Å². The summed E-state index contributed by atoms with van der Waals surface area (Å²) < 4.78 is 67.2. The molecule has 3 aliphatic rings. The smallest absolute Gasteiger partial charge is 0.418 e. The number of fused-ring (bicyclic) bond motifs is 4. The number of cyclic esters (lactones) is 1. The summed E-state index contributed by atoms with van der Waals surface area (Å²) in [6, 6.07) is 11.3. The molecule has 0 radical (unpaired) electrons. The van der Waals surface area contributed by atoms with E-state index < -0.39 is 40.8 Å². The number of carbonyl (C=O) groups is 2. The Balaban J connectivity index is 1.17. The third-order valence-corrected chi connectivity index (χ3v) is 8.14. The number of rotatable bonds is 5. The number of amides is 3. The Labute approximate surface area is 233 Å². The number of hydrogen-bond acceptors (Lipinski definition) is 5. The first-order valence-corrected chi connectivity index (χ1v) is 13.5. The number of piperidine rings is 1. The van der Waals surface area contributed by atoms with Crippen molar-refractivity contribution in [3.05, 3.63) is 89.0 Å². The first-order valence-electron chi connectivity index (χ1n) is 13.5. The van der Waals surface area contributed by atoms with E-state index in [0.29, 0.717) is 61.5 Å². The number of urea groups is 1. The molecule has 1 spiro atoms. The van der Waals surface area contributed by atoms with Gasteiger partial charge >= 0.3 is 12.1 Å². The number of imide groups is 1. The minimum Gasteiger partial charge on any atom is -0.457 e. The summed E-state index contributed by atoms with van der Waals surface area (Å²) >= 11 is 0. The molecule has 0 unspecified atom stereocenters. The third kappa shape index (κ3) is 4.99. The molecule has 0 N–H and O–H groups in total. The van der Waals surface area contributed by atoms with Crippen LogP contribution in [0.15, 0.2) is 54.6 Å². The number of benzene rings is 3. The second kappa shape index (κ2) is 10.7. The van der Waals surface area contributed by atoms with Crippen LogP contribution < -0.4 is 9.64 Å². The summed E-state index contributed by atoms with van der Waals surface area (Å²) in [5, 5.41) is 0. The van der Waals surface area contributed by atoms with E-state index in [9.17, 15) is 27.2 Å². The Hall–Kier alpha value is -4.12. The fourth-order valence-electron chi connectivity index (χ4n) is 6.04. The topological polar surface area (TPSA) is 62.3 Å². The molecule has 0 bridgehead atoms. The van der Waals surface area contributed by atoms with Gasteiger partial charge in [0, 0.05) is 34.8 Å². The van der Waals surface area contributed by atoms with E-state index in [1.54, 1.807) is 12.1 Å². The van der Waals surface area contributed by atoms with Crippen LogP contribution in [0.1, 0.15) is 30.4 Å². The van der Waals surface area contributed by atoms with Crippen molar-refractivity contribution < 1.29 is 36.6 Å². The molecular weight excluding hydrogens is 542 g/mol. The fourth-order valence-corrected chi connectivity index (χ4v) is 6.04. The third-order valence-electron chi connectivity index (χ3n) is 8.14. The van der Waals surface area contributed by atoms with Gasteiger partial charge in [-0.25, -0.2) is 32.1 Å². The molecule has 7 nitrogen and oxygen atoms in total. The Kier molecular flexibility index (Phi) is 7.06. The number of nitrogens with zero attached hydrogens (tertiary/aromatic N) is 3. The van der Waals surface area contributed by atoms with E-state index >= 15 is 0 Å². The normalized spacial score (nSPS) is 17.6. The van der Waals surface area contributed by atoms with Crippen LogP contribution in [0, 0.1) is 23.3 Å². The highest BCUT2D eigenvalue weighted by molar-refractivity contribution is 6.01. The summed E-state index contributed by atoms with van der Waals surface area (Å²) in [5.41, 5.74) is 0.907. The summed E-state index contributed by atoms with van der Waals surface area (Å²) in [6.07, 6.45) is 0.873. The molecule has 6 rings (SSSR count). The lowest BCUT2D eigenvalue weighted by atomic mass is 9.66. The van der Waals surface area contributed by atoms with Gasteiger partial charge in [-0.15, -0.1) is 0 Å². The van der Waals surface area contributed by atoms with Crippen LogP contribution in [0.5, 0.6) is 11.5 Å². The molecule has 2 fully saturated rings. The van der Waals surface area contributed by atoms with Gasteiger partial charge in [0.1, 0.15) is 29.7 Å². The van der Waals surface area contributed by atoms with Gasteiger partial charge in [-0.05, 0) is 87.4 Å². The van der Waals surface area contributed by atoms with E-state index in [0.717, 1.165) is 17.0 Å². The number of hydrogen-bond donors (Lipinski definition) is 0. The average molecular weight is 570 g/mol. The van der Waals surface area contributed by atoms with Gasteiger partial charge in [0.2, 0.25) is 0 Å². The maximum atomic E-state index is 14.3. The van der Waals surface area contributed by atoms with Crippen LogP contribution in [0.2, 0.25) is 0 Å². The molecule has 0 aromatic heterocycles. The molecule has 0 saturated carbocycles. The Morgan fingerprint density at radius 2 is 1.51 bits per heavy atom. The predicted molar refractivity (Wildman–Crippen MR) is 141 cm³/mol. The lowest BCUT2D eigenvalue weighted by molar-refractivity contribution is 0.159. The molecule has 0 aliphatic carbocycles. The highest BCUT2D eigenvalue weighted by atomic mass is 19.2. The SMILES string of the molecule is O=C1OCCN1C(=O)N(CCCN1CCC2(CC1)c1cc(F)ccc1Oc1ccc(F)cc12)c1ccc(F)c(F)c1. The molecule has 214 valence electrons. The van der Waals surface area contributed by atoms with Crippen LogP contribution in [-0.2, 0) is 10.2 Å². The Morgan fingerprint density at radius 3 is 2.10 bits per heavy atom. The summed E-state index contributed by atoms with van der Waals surface area (Å²) in [5.74, 6) is -1.81. The number of carbonyl (C=O) groups excluding carboxylic acids is 2. The van der Waals surface area contributed by atoms with Crippen molar-refractivity contribution >= 4 is 17.8 Å². The van der Waals surface area contributed by atoms with Crippen LogP contribution in [-0.4, -0.2) is 61.3 Å². The maximum absolute atomic E-state index is 14.3. The van der Waals surface area contributed by atoms with E-state index in [4.69, 9.17) is 9.47 Å². The van der Waals surface area contributed by atoms with E-state index in [1.165, 1.54) is 35.2 Å². The molecule has 3 aliphatic heterocycles. The summed E-state index contributed by atoms with van der Waals surface area (Å²) in [4.78, 5) is 29.6. The van der Waals surface area contributed by atoms with Crippen molar-refractivity contribution in [2.24, 2.45) is 0 Å². The zero-order valence-corrected chi connectivity index (χ0v) is 22.0. The molecule has 41 heavy (non-hydrogen) atoms. The number of likely N-dealkylation sites (tertiary alicyclic amines) is 1. The summed E-state index contributed by atoms with van der Waals surface area (Å²) in [7, 11) is 0. The van der Waals surface area contributed by atoms with Gasteiger partial charge in [-0.3, -0.25) is 4.90 Å². The quantitative estimate of drug-likeness (QED) is 0.343. The van der Waals surface area contributed by atoms with Crippen molar-refractivity contribution in [1.29, 1.82) is 0 Å². The molecular formula is C30H27F4N3O4. The zero-order valence-electron chi connectivity index (χ0n) is 22.0. The van der Waals surface area contributed by atoms with Gasteiger partial charge in [0.15, 0.2) is 11.6 Å². The maximum Gasteiger partial charge on any atom is 0.418 e. The Bertz CT molecular complexity index is 1460. The van der Waals surface area contributed by atoms with Gasteiger partial charge < -0.3 is 14.4 Å². The lowest BCUT2D eigenvalue weighted by Crippen LogP contribution is -2.47. The number of anilines is 1. The molecule has 3 amide bonds. The highest BCUT2D eigenvalue weighted by Gasteiger charge is 2.45. The fraction of sp³-hybridized carbons (Fsp3) is 0.333. The minimum atomic E-state index is -1.10. The van der Waals surface area contributed by atoms with Gasteiger partial charge in [-0.2, -0.15) is 0 Å². The van der Waals surface area contributed by atoms with Crippen LogP contribution >= 0.6 is 0 Å². The highest BCUT2D eigenvalue weighted by Crippen LogP contribution is 2.53. The zero-order chi connectivity index (χ0) is 28.7. The van der Waals surface area contributed by atoms with Gasteiger partial charge in [-0.1, -0.05) is 0 Å². The van der Waals surface area contributed by atoms with Gasteiger partial charge in [0.05, 0.1) is 6.54 Å². The first kappa shape index (κ1) is 27.1. The van der Waals surface area contributed by atoms with Crippen molar-refractivity contribution in [1.82, 2.24) is 9.80 Å². The van der Waals surface area contributed by atoms with Crippen LogP contribution in [0.25, 0.3) is 0 Å². The van der Waals surface area contributed by atoms with E-state index in [-0.39, 0.29) is 25.4 Å². The number of ether oxygens (including phenoxy) is 2. The first-order chi connectivity index (χ1) is 19.7. The molecule has 3 heterocycles. The largest absolute Gasteiger partial charge is 0.457 e. The molecule has 3 aromatic carbocycles. The van der Waals surface area contributed by atoms with Crippen LogP contribution in [0.4, 0.5) is 32.8 Å². The second-order valence-corrected chi connectivity index (χ2v) is 10.5. The predicted octanol–water partition coefficient (Wildman–Crippen LogP) is 6.20. The standard InChI is InChI=1S/C30H27F4N3O4/c31-19-2-6-26-22(16-19)30(23-17-20(32)3-7-27(23)41-26)8-12-35(13-9-30)10-1-11-36(21-4-5-24(33)25(34)18-21)28(38)37-14-15-40-29(37)39/h2-7,16-18H,1,8-15H2. The molecule has 0 atom stereocenters. The van der Waals surface area contributed by atoms with Crippen molar-refractivity contribution in [2.45, 2.75) is 24.7 Å². The number of halogens is 4. The second-order valence-electron chi connectivity index (χ2n) is 10.5.